The molecule has 4 N–H and O–H groups in total. The fourth-order valence-corrected chi connectivity index (χ4v) is 1.94. The Balaban J connectivity index is 0. The van der Waals surface area contributed by atoms with Gasteiger partial charge in [0.2, 0.25) is 0 Å². The number of hydrogen-bond acceptors (Lipinski definition) is 3. The molecule has 1 aromatic heterocycles. The molecular weight excluding hydrogens is 249 g/mol. The van der Waals surface area contributed by atoms with E-state index < -0.39 is 0 Å². The summed E-state index contributed by atoms with van der Waals surface area (Å²) in [6.45, 7) is 2.51. The Hall–Kier alpha value is -0.420. The van der Waals surface area contributed by atoms with E-state index in [0.717, 1.165) is 24.4 Å². The lowest BCUT2D eigenvalue weighted by molar-refractivity contribution is 0.647. The highest BCUT2D eigenvalue weighted by Crippen LogP contribution is 2.21. The van der Waals surface area contributed by atoms with Crippen LogP contribution in [0.4, 0.5) is 0 Å². The molecule has 1 aromatic rings. The van der Waals surface area contributed by atoms with Gasteiger partial charge in [-0.15, -0.1) is 24.8 Å². The largest absolute Gasteiger partial charge is 0.412 e. The molecule has 1 aliphatic carbocycles. The summed E-state index contributed by atoms with van der Waals surface area (Å²) in [5.74, 6) is 0.790. The molecule has 0 radical (unpaired) electrons. The lowest BCUT2D eigenvalue weighted by Crippen LogP contribution is -2.13. The van der Waals surface area contributed by atoms with E-state index in [4.69, 9.17) is 5.73 Å². The fraction of sp³-hybridized carbons (Fsp3) is 0.600. The minimum Gasteiger partial charge on any atom is -0.412 e. The van der Waals surface area contributed by atoms with Crippen LogP contribution < -0.4 is 5.73 Å². The molecule has 94 valence electrons. The molecule has 0 atom stereocenters. The van der Waals surface area contributed by atoms with Crippen LogP contribution in [0.3, 0.4) is 0 Å². The minimum absolute atomic E-state index is 0. The van der Waals surface area contributed by atoms with E-state index in [-0.39, 0.29) is 30.3 Å². The van der Waals surface area contributed by atoms with Crippen molar-refractivity contribution in [3.8, 4) is 0 Å². The van der Waals surface area contributed by atoms with Crippen molar-refractivity contribution >= 4 is 24.8 Å². The number of nitrogens with two attached hydrogens (primary N) is 1. The molecule has 1 aliphatic rings. The van der Waals surface area contributed by atoms with Crippen LogP contribution in [0, 0.1) is 6.92 Å². The van der Waals surface area contributed by atoms with Crippen molar-refractivity contribution in [1.29, 1.82) is 0 Å². The van der Waals surface area contributed by atoms with Crippen molar-refractivity contribution in [2.45, 2.75) is 39.2 Å². The SMILES string of the molecule is Cc1nc(CN)nc2c1CCCC2.Cl.Cl.O. The van der Waals surface area contributed by atoms with E-state index in [2.05, 4.69) is 16.9 Å². The number of hydrogen-bond donors (Lipinski definition) is 1. The summed E-state index contributed by atoms with van der Waals surface area (Å²) in [6, 6.07) is 0. The van der Waals surface area contributed by atoms with E-state index in [1.165, 1.54) is 24.1 Å². The Morgan fingerprint density at radius 3 is 2.38 bits per heavy atom. The summed E-state index contributed by atoms with van der Waals surface area (Å²) in [7, 11) is 0. The van der Waals surface area contributed by atoms with Crippen molar-refractivity contribution in [2.75, 3.05) is 0 Å². The molecule has 0 unspecified atom stereocenters. The second-order valence-corrected chi connectivity index (χ2v) is 3.56. The molecule has 0 amide bonds. The summed E-state index contributed by atoms with van der Waals surface area (Å²) in [4.78, 5) is 8.83. The number of nitrogens with zero attached hydrogens (tertiary/aromatic N) is 2. The van der Waals surface area contributed by atoms with Gasteiger partial charge in [-0.2, -0.15) is 0 Å². The van der Waals surface area contributed by atoms with Gasteiger partial charge in [0.15, 0.2) is 0 Å². The summed E-state index contributed by atoms with van der Waals surface area (Å²) >= 11 is 0. The van der Waals surface area contributed by atoms with E-state index in [1.807, 2.05) is 0 Å². The average molecular weight is 268 g/mol. The normalized spacial score (nSPS) is 12.6. The van der Waals surface area contributed by atoms with Gasteiger partial charge < -0.3 is 11.2 Å². The molecule has 4 nitrogen and oxygen atoms in total. The first-order chi connectivity index (χ1) is 6.31. The molecule has 2 rings (SSSR count). The van der Waals surface area contributed by atoms with E-state index in [9.17, 15) is 0 Å². The second kappa shape index (κ2) is 7.79. The van der Waals surface area contributed by atoms with Crippen molar-refractivity contribution in [1.82, 2.24) is 9.97 Å². The first-order valence-corrected chi connectivity index (χ1v) is 4.86. The molecule has 0 fully saturated rings. The highest BCUT2D eigenvalue weighted by molar-refractivity contribution is 5.85. The monoisotopic (exact) mass is 267 g/mol. The Morgan fingerprint density at radius 2 is 1.75 bits per heavy atom. The predicted octanol–water partition coefficient (Wildman–Crippen LogP) is 1.14. The van der Waals surface area contributed by atoms with Crippen LogP contribution in [0.25, 0.3) is 0 Å². The number of aryl methyl sites for hydroxylation is 2. The number of fused-ring (bicyclic) bond motifs is 1. The standard InChI is InChI=1S/C10H15N3.2ClH.H2O/c1-7-8-4-2-3-5-9(8)13-10(6-11)12-7;;;/h2-6,11H2,1H3;2*1H;1H2. The molecule has 1 heterocycles. The third-order valence-corrected chi connectivity index (χ3v) is 2.62. The summed E-state index contributed by atoms with van der Waals surface area (Å²) < 4.78 is 0. The molecular formula is C10H19Cl2N3O. The fourth-order valence-electron chi connectivity index (χ4n) is 1.94. The topological polar surface area (TPSA) is 83.3 Å². The maximum absolute atomic E-state index is 5.53. The molecule has 16 heavy (non-hydrogen) atoms. The van der Waals surface area contributed by atoms with Gasteiger partial charge in [0.05, 0.1) is 6.54 Å². The zero-order valence-electron chi connectivity index (χ0n) is 9.32. The van der Waals surface area contributed by atoms with Gasteiger partial charge in [0.1, 0.15) is 5.82 Å². The predicted molar refractivity (Wildman–Crippen MR) is 69.4 cm³/mol. The van der Waals surface area contributed by atoms with Crippen molar-refractivity contribution in [3.63, 3.8) is 0 Å². The van der Waals surface area contributed by atoms with Gasteiger partial charge in [-0.3, -0.25) is 0 Å². The average Bonchev–Trinajstić information content (AvgIpc) is 2.18. The van der Waals surface area contributed by atoms with Crippen molar-refractivity contribution in [3.05, 3.63) is 22.8 Å². The van der Waals surface area contributed by atoms with E-state index in [1.54, 1.807) is 0 Å². The zero-order valence-corrected chi connectivity index (χ0v) is 11.0. The van der Waals surface area contributed by atoms with Crippen LogP contribution in [0.2, 0.25) is 0 Å². The van der Waals surface area contributed by atoms with E-state index >= 15 is 0 Å². The summed E-state index contributed by atoms with van der Waals surface area (Å²) in [6.07, 6.45) is 4.78. The lowest BCUT2D eigenvalue weighted by Gasteiger charge is -2.16. The van der Waals surface area contributed by atoms with Gasteiger partial charge in [-0.05, 0) is 38.2 Å². The zero-order chi connectivity index (χ0) is 9.26. The van der Waals surface area contributed by atoms with Crippen LogP contribution in [0.5, 0.6) is 0 Å². The van der Waals surface area contributed by atoms with Crippen molar-refractivity contribution in [2.24, 2.45) is 5.73 Å². The molecule has 0 aromatic carbocycles. The summed E-state index contributed by atoms with van der Waals surface area (Å²) in [5, 5.41) is 0. The van der Waals surface area contributed by atoms with Crippen molar-refractivity contribution < 1.29 is 5.48 Å². The lowest BCUT2D eigenvalue weighted by atomic mass is 9.95. The highest BCUT2D eigenvalue weighted by Gasteiger charge is 2.14. The Bertz CT molecular complexity index is 334. The van der Waals surface area contributed by atoms with Crippen LogP contribution in [0.1, 0.15) is 35.6 Å². The highest BCUT2D eigenvalue weighted by atomic mass is 35.5. The maximum Gasteiger partial charge on any atom is 0.142 e. The Kier molecular flexibility index (Phi) is 8.74. The minimum atomic E-state index is 0. The quantitative estimate of drug-likeness (QED) is 0.829. The molecule has 0 spiro atoms. The van der Waals surface area contributed by atoms with Gasteiger partial charge in [-0.1, -0.05) is 0 Å². The molecule has 0 bridgehead atoms. The third kappa shape index (κ3) is 3.56. The van der Waals surface area contributed by atoms with Gasteiger partial charge in [0, 0.05) is 11.4 Å². The number of aromatic nitrogens is 2. The number of halogens is 2. The van der Waals surface area contributed by atoms with Gasteiger partial charge in [0.25, 0.3) is 0 Å². The Labute approximate surface area is 108 Å². The summed E-state index contributed by atoms with van der Waals surface area (Å²) in [5.41, 5.74) is 9.26. The molecule has 6 heteroatoms. The molecule has 0 aliphatic heterocycles. The molecule has 0 saturated heterocycles. The van der Waals surface area contributed by atoms with Gasteiger partial charge in [-0.25, -0.2) is 9.97 Å². The first-order valence-electron chi connectivity index (χ1n) is 4.86. The van der Waals surface area contributed by atoms with Gasteiger partial charge >= 0.3 is 0 Å². The second-order valence-electron chi connectivity index (χ2n) is 3.56. The third-order valence-electron chi connectivity index (χ3n) is 2.62. The Morgan fingerprint density at radius 1 is 1.12 bits per heavy atom. The van der Waals surface area contributed by atoms with E-state index in [0.29, 0.717) is 6.54 Å². The smallest absolute Gasteiger partial charge is 0.142 e. The number of rotatable bonds is 1. The first kappa shape index (κ1) is 18.0. The van der Waals surface area contributed by atoms with Crippen LogP contribution in [-0.2, 0) is 19.4 Å². The maximum atomic E-state index is 5.53. The van der Waals surface area contributed by atoms with Crippen LogP contribution in [0.15, 0.2) is 0 Å². The van der Waals surface area contributed by atoms with Crippen LogP contribution in [-0.4, -0.2) is 15.4 Å². The van der Waals surface area contributed by atoms with Crippen LogP contribution >= 0.6 is 24.8 Å². The molecule has 0 saturated carbocycles.